The highest BCUT2D eigenvalue weighted by atomic mass is 32.2. The number of nitrogens with one attached hydrogen (secondary N) is 1. The minimum Gasteiger partial charge on any atom is -0.480 e. The highest BCUT2D eigenvalue weighted by Gasteiger charge is 2.20. The summed E-state index contributed by atoms with van der Waals surface area (Å²) in [6.45, 7) is 0. The van der Waals surface area contributed by atoms with Crippen LogP contribution in [0, 0.1) is 0 Å². The van der Waals surface area contributed by atoms with Crippen LogP contribution in [0.2, 0.25) is 0 Å². The summed E-state index contributed by atoms with van der Waals surface area (Å²) in [5.74, 6) is -1.98. The predicted octanol–water partition coefficient (Wildman–Crippen LogP) is 0.623. The van der Waals surface area contributed by atoms with Gasteiger partial charge in [-0.3, -0.25) is 4.79 Å². The van der Waals surface area contributed by atoms with Gasteiger partial charge in [0.25, 0.3) is 0 Å². The monoisotopic (exact) mass is 313 g/mol. The van der Waals surface area contributed by atoms with E-state index in [0.717, 1.165) is 11.8 Å². The number of carbonyl (C=O) groups is 2. The molecule has 6 nitrogen and oxygen atoms in total. The normalized spacial score (nSPS) is 12.6. The van der Waals surface area contributed by atoms with E-state index in [1.165, 1.54) is 0 Å². The van der Waals surface area contributed by atoms with E-state index in [1.54, 1.807) is 0 Å². The van der Waals surface area contributed by atoms with Gasteiger partial charge in [0.2, 0.25) is 5.91 Å². The van der Waals surface area contributed by atoms with Gasteiger partial charge in [-0.05, 0) is 18.4 Å². The average Bonchev–Trinajstić information content (AvgIpc) is 2.41. The second-order valence-electron chi connectivity index (χ2n) is 4.86. The molecule has 0 unspecified atom stereocenters. The van der Waals surface area contributed by atoms with Gasteiger partial charge in [0, 0.05) is 12.7 Å². The molecule has 2 N–H and O–H groups in total. The van der Waals surface area contributed by atoms with Gasteiger partial charge >= 0.3 is 5.97 Å². The molecule has 0 aliphatic carbocycles. The molecule has 0 heterocycles. The van der Waals surface area contributed by atoms with Crippen LogP contribution in [-0.2, 0) is 25.8 Å². The number of aryl methyl sites for hydroxylation is 1. The van der Waals surface area contributed by atoms with E-state index in [1.807, 2.05) is 30.3 Å². The molecule has 0 aliphatic rings. The van der Waals surface area contributed by atoms with Crippen molar-refractivity contribution in [3.63, 3.8) is 0 Å². The molecule has 1 amide bonds. The lowest BCUT2D eigenvalue weighted by molar-refractivity contribution is -0.141. The molecule has 0 bridgehead atoms. The Morgan fingerprint density at radius 3 is 2.38 bits per heavy atom. The summed E-state index contributed by atoms with van der Waals surface area (Å²) in [6, 6.07) is 8.32. The predicted molar refractivity (Wildman–Crippen MR) is 78.7 cm³/mol. The van der Waals surface area contributed by atoms with Gasteiger partial charge in [-0.25, -0.2) is 13.2 Å². The lowest BCUT2D eigenvalue weighted by Crippen LogP contribution is -2.41. The van der Waals surface area contributed by atoms with Crippen LogP contribution in [0.4, 0.5) is 0 Å². The van der Waals surface area contributed by atoms with Gasteiger partial charge in [0.1, 0.15) is 15.9 Å². The molecule has 1 rings (SSSR count). The van der Waals surface area contributed by atoms with Gasteiger partial charge in [-0.1, -0.05) is 30.3 Å². The molecule has 0 fully saturated rings. The van der Waals surface area contributed by atoms with Crippen LogP contribution in [0.3, 0.4) is 0 Å². The molecular weight excluding hydrogens is 294 g/mol. The van der Waals surface area contributed by atoms with Gasteiger partial charge in [0.05, 0.1) is 5.75 Å². The minimum absolute atomic E-state index is 0.228. The second-order valence-corrected chi connectivity index (χ2v) is 7.12. The smallest absolute Gasteiger partial charge is 0.326 e. The summed E-state index contributed by atoms with van der Waals surface area (Å²) in [5.41, 5.74) is 0.981. The molecular formula is C14H19NO5S. The van der Waals surface area contributed by atoms with Crippen molar-refractivity contribution >= 4 is 21.7 Å². The van der Waals surface area contributed by atoms with E-state index in [0.29, 0.717) is 6.42 Å². The Morgan fingerprint density at radius 2 is 1.86 bits per heavy atom. The van der Waals surface area contributed by atoms with Gasteiger partial charge < -0.3 is 10.4 Å². The Labute approximate surface area is 124 Å². The molecule has 0 aromatic heterocycles. The summed E-state index contributed by atoms with van der Waals surface area (Å²) >= 11 is 0. The fraction of sp³-hybridized carbons (Fsp3) is 0.429. The molecule has 0 saturated carbocycles. The minimum atomic E-state index is -3.24. The Kier molecular flexibility index (Phi) is 6.36. The van der Waals surface area contributed by atoms with Crippen LogP contribution < -0.4 is 5.32 Å². The first-order valence-electron chi connectivity index (χ1n) is 6.52. The van der Waals surface area contributed by atoms with Crippen LogP contribution in [0.1, 0.15) is 18.4 Å². The van der Waals surface area contributed by atoms with Crippen LogP contribution >= 0.6 is 0 Å². The number of hydrogen-bond acceptors (Lipinski definition) is 4. The molecule has 1 aromatic carbocycles. The highest BCUT2D eigenvalue weighted by molar-refractivity contribution is 7.90. The third-order valence-corrected chi connectivity index (χ3v) is 3.84. The quantitative estimate of drug-likeness (QED) is 0.733. The maximum absolute atomic E-state index is 11.6. The van der Waals surface area contributed by atoms with Crippen LogP contribution in [-0.4, -0.2) is 43.5 Å². The van der Waals surface area contributed by atoms with E-state index in [9.17, 15) is 18.0 Å². The Balaban J connectivity index is 2.50. The summed E-state index contributed by atoms with van der Waals surface area (Å²) in [6.07, 6.45) is 1.58. The number of carboxylic acid groups (broad SMARTS) is 1. The number of rotatable bonds is 8. The maximum Gasteiger partial charge on any atom is 0.326 e. The summed E-state index contributed by atoms with van der Waals surface area (Å²) in [7, 11) is -3.24. The van der Waals surface area contributed by atoms with E-state index in [4.69, 9.17) is 5.11 Å². The van der Waals surface area contributed by atoms with Crippen LogP contribution in [0.25, 0.3) is 0 Å². The number of carboxylic acids is 1. The van der Waals surface area contributed by atoms with Crippen molar-refractivity contribution in [3.8, 4) is 0 Å². The number of carbonyl (C=O) groups excluding carboxylic acids is 1. The van der Waals surface area contributed by atoms with Crippen molar-refractivity contribution in [2.24, 2.45) is 0 Å². The van der Waals surface area contributed by atoms with Gasteiger partial charge in [0.15, 0.2) is 0 Å². The third-order valence-electron chi connectivity index (χ3n) is 2.90. The molecule has 1 atom stereocenters. The van der Waals surface area contributed by atoms with Crippen LogP contribution in [0.15, 0.2) is 30.3 Å². The SMILES string of the molecule is CS(=O)(=O)CCC(=O)N[C@@H](CCc1ccccc1)C(=O)O. The molecule has 7 heteroatoms. The van der Waals surface area contributed by atoms with Crippen molar-refractivity contribution in [2.45, 2.75) is 25.3 Å². The lowest BCUT2D eigenvalue weighted by Gasteiger charge is -2.14. The number of benzene rings is 1. The van der Waals surface area contributed by atoms with Crippen molar-refractivity contribution in [1.29, 1.82) is 0 Å². The molecule has 116 valence electrons. The zero-order valence-electron chi connectivity index (χ0n) is 11.8. The molecule has 21 heavy (non-hydrogen) atoms. The number of aliphatic carboxylic acids is 1. The fourth-order valence-electron chi connectivity index (χ4n) is 1.76. The zero-order chi connectivity index (χ0) is 15.9. The van der Waals surface area contributed by atoms with E-state index < -0.39 is 27.8 Å². The summed E-state index contributed by atoms with van der Waals surface area (Å²) in [5, 5.41) is 11.5. The van der Waals surface area contributed by atoms with Crippen LogP contribution in [0.5, 0.6) is 0 Å². The third kappa shape index (κ3) is 7.45. The Hall–Kier alpha value is -1.89. The van der Waals surface area contributed by atoms with Gasteiger partial charge in [-0.15, -0.1) is 0 Å². The zero-order valence-corrected chi connectivity index (χ0v) is 12.6. The van der Waals surface area contributed by atoms with Crippen molar-refractivity contribution < 1.29 is 23.1 Å². The highest BCUT2D eigenvalue weighted by Crippen LogP contribution is 2.05. The van der Waals surface area contributed by atoms with E-state index >= 15 is 0 Å². The molecule has 1 aromatic rings. The molecule has 0 spiro atoms. The average molecular weight is 313 g/mol. The fourth-order valence-corrected chi connectivity index (χ4v) is 2.31. The largest absolute Gasteiger partial charge is 0.480 e. The number of hydrogen-bond donors (Lipinski definition) is 2. The summed E-state index contributed by atoms with van der Waals surface area (Å²) < 4.78 is 21.9. The maximum atomic E-state index is 11.6. The first kappa shape index (κ1) is 17.2. The molecule has 0 saturated heterocycles. The number of sulfone groups is 1. The first-order valence-corrected chi connectivity index (χ1v) is 8.58. The molecule has 0 aliphatic heterocycles. The summed E-state index contributed by atoms with van der Waals surface area (Å²) in [4.78, 5) is 22.7. The number of amides is 1. The van der Waals surface area contributed by atoms with Crippen molar-refractivity contribution in [3.05, 3.63) is 35.9 Å². The van der Waals surface area contributed by atoms with E-state index in [2.05, 4.69) is 5.32 Å². The first-order chi connectivity index (χ1) is 9.78. The second kappa shape index (κ2) is 7.78. The topological polar surface area (TPSA) is 101 Å². The molecule has 0 radical (unpaired) electrons. The Bertz CT molecular complexity index is 583. The van der Waals surface area contributed by atoms with Gasteiger partial charge in [-0.2, -0.15) is 0 Å². The lowest BCUT2D eigenvalue weighted by atomic mass is 10.1. The van der Waals surface area contributed by atoms with E-state index in [-0.39, 0.29) is 18.6 Å². The van der Waals surface area contributed by atoms with Crippen molar-refractivity contribution in [2.75, 3.05) is 12.0 Å². The van der Waals surface area contributed by atoms with Crippen molar-refractivity contribution in [1.82, 2.24) is 5.32 Å². The Morgan fingerprint density at radius 1 is 1.24 bits per heavy atom. The standard InChI is InChI=1S/C14H19NO5S/c1-21(19,20)10-9-13(16)15-12(14(17)18)8-7-11-5-3-2-4-6-11/h2-6,12H,7-10H2,1H3,(H,15,16)(H,17,18)/t12-/m0/s1.